The molecule has 6 unspecified atom stereocenters. The first-order chi connectivity index (χ1) is 9.67. The van der Waals surface area contributed by atoms with E-state index in [1.54, 1.807) is 51.4 Å². The minimum Gasteiger partial charge on any atom is -0.0625 e. The molecule has 0 heterocycles. The fraction of sp³-hybridized carbons (Fsp3) is 1.00. The predicted octanol–water partition coefficient (Wildman–Crippen LogP) is 6.06. The molecule has 0 spiro atoms. The van der Waals surface area contributed by atoms with Gasteiger partial charge in [0.05, 0.1) is 0 Å². The van der Waals surface area contributed by atoms with E-state index >= 15 is 0 Å². The second-order valence-electron chi connectivity index (χ2n) is 9.31. The Balaban J connectivity index is 1.58. The maximum Gasteiger partial charge on any atom is -0.0292 e. The van der Waals surface area contributed by atoms with E-state index in [0.29, 0.717) is 0 Å². The molecule has 0 aromatic heterocycles. The van der Waals surface area contributed by atoms with Crippen LogP contribution in [0, 0.1) is 40.9 Å². The van der Waals surface area contributed by atoms with E-state index in [4.69, 9.17) is 0 Å². The Bertz CT molecular complexity index is 359. The molecule has 0 radical (unpaired) electrons. The first kappa shape index (κ1) is 13.6. The van der Waals surface area contributed by atoms with Crippen LogP contribution >= 0.6 is 0 Å². The van der Waals surface area contributed by atoms with Gasteiger partial charge in [0.2, 0.25) is 0 Å². The molecule has 0 aliphatic heterocycles. The van der Waals surface area contributed by atoms with E-state index in [2.05, 4.69) is 13.8 Å². The number of fused-ring (bicyclic) bond motifs is 5. The summed E-state index contributed by atoms with van der Waals surface area (Å²) in [6, 6.07) is 0. The Morgan fingerprint density at radius 3 is 2.55 bits per heavy atom. The third-order valence-corrected chi connectivity index (χ3v) is 8.12. The molecule has 20 heavy (non-hydrogen) atoms. The molecule has 0 saturated heterocycles. The van der Waals surface area contributed by atoms with Crippen LogP contribution < -0.4 is 0 Å². The summed E-state index contributed by atoms with van der Waals surface area (Å²) in [7, 11) is 0. The maximum absolute atomic E-state index is 2.65. The van der Waals surface area contributed by atoms with Gasteiger partial charge in [0.1, 0.15) is 0 Å². The normalized spacial score (nSPS) is 55.5. The molecule has 0 aromatic rings. The lowest BCUT2D eigenvalue weighted by Crippen LogP contribution is -2.45. The lowest BCUT2D eigenvalue weighted by molar-refractivity contribution is -0.0390. The van der Waals surface area contributed by atoms with Crippen LogP contribution in [0.5, 0.6) is 0 Å². The van der Waals surface area contributed by atoms with E-state index in [0.717, 1.165) is 40.9 Å². The topological polar surface area (TPSA) is 0 Å². The van der Waals surface area contributed by atoms with Crippen molar-refractivity contribution in [1.82, 2.24) is 0 Å². The Kier molecular flexibility index (Phi) is 3.43. The molecule has 4 fully saturated rings. The Morgan fingerprint density at radius 2 is 1.65 bits per heavy atom. The van der Waals surface area contributed by atoms with Crippen molar-refractivity contribution in [2.75, 3.05) is 0 Å². The van der Waals surface area contributed by atoms with Crippen molar-refractivity contribution < 1.29 is 0 Å². The minimum absolute atomic E-state index is 0.734. The monoisotopic (exact) mass is 274 g/mol. The molecule has 114 valence electrons. The van der Waals surface area contributed by atoms with Crippen LogP contribution in [-0.2, 0) is 0 Å². The van der Waals surface area contributed by atoms with Crippen LogP contribution in [0.4, 0.5) is 0 Å². The van der Waals surface area contributed by atoms with E-state index in [-0.39, 0.29) is 0 Å². The summed E-state index contributed by atoms with van der Waals surface area (Å²) < 4.78 is 0. The van der Waals surface area contributed by atoms with Gasteiger partial charge in [-0.15, -0.1) is 0 Å². The summed E-state index contributed by atoms with van der Waals surface area (Å²) in [6.07, 6.45) is 17.2. The molecule has 0 aromatic carbocycles. The summed E-state index contributed by atoms with van der Waals surface area (Å²) >= 11 is 0. The molecule has 0 heteroatoms. The number of hydrogen-bond acceptors (Lipinski definition) is 0. The van der Waals surface area contributed by atoms with Crippen molar-refractivity contribution in [1.29, 1.82) is 0 Å². The highest BCUT2D eigenvalue weighted by Gasteiger charge is 2.54. The van der Waals surface area contributed by atoms with E-state index in [9.17, 15) is 0 Å². The fourth-order valence-corrected chi connectivity index (χ4v) is 7.43. The predicted molar refractivity (Wildman–Crippen MR) is 85.5 cm³/mol. The Morgan fingerprint density at radius 1 is 0.800 bits per heavy atom. The standard InChI is InChI=1S/C20H34/c1-14-12-19-18-9-8-15-6-4-3-5-7-16(15)17(18)10-11-20(19,2)13-14/h14-19H,3-13H2,1-2H3/t14?,15-,16?,17?,18?,19?,20?/m0/s1. The summed E-state index contributed by atoms with van der Waals surface area (Å²) in [6.45, 7) is 5.17. The van der Waals surface area contributed by atoms with Gasteiger partial charge < -0.3 is 0 Å². The first-order valence-corrected chi connectivity index (χ1v) is 9.67. The van der Waals surface area contributed by atoms with E-state index in [1.165, 1.54) is 19.3 Å². The van der Waals surface area contributed by atoms with Gasteiger partial charge >= 0.3 is 0 Å². The zero-order chi connectivity index (χ0) is 13.7. The molecule has 4 rings (SSSR count). The third-order valence-electron chi connectivity index (χ3n) is 8.12. The molecule has 4 aliphatic carbocycles. The highest BCUT2D eigenvalue weighted by Crippen LogP contribution is 2.63. The lowest BCUT2D eigenvalue weighted by atomic mass is 9.52. The van der Waals surface area contributed by atoms with Crippen molar-refractivity contribution in [2.45, 2.75) is 84.5 Å². The molecule has 7 atom stereocenters. The van der Waals surface area contributed by atoms with Crippen molar-refractivity contribution in [3.8, 4) is 0 Å². The molecule has 4 saturated carbocycles. The second kappa shape index (κ2) is 5.03. The van der Waals surface area contributed by atoms with Crippen LogP contribution in [-0.4, -0.2) is 0 Å². The Hall–Kier alpha value is 0. The average molecular weight is 274 g/mol. The van der Waals surface area contributed by atoms with Gasteiger partial charge in [0.25, 0.3) is 0 Å². The van der Waals surface area contributed by atoms with Gasteiger partial charge in [0.15, 0.2) is 0 Å². The van der Waals surface area contributed by atoms with Crippen LogP contribution in [0.3, 0.4) is 0 Å². The van der Waals surface area contributed by atoms with Gasteiger partial charge in [-0.3, -0.25) is 0 Å². The molecule has 0 N–H and O–H groups in total. The zero-order valence-corrected chi connectivity index (χ0v) is 13.7. The molecule has 0 bridgehead atoms. The van der Waals surface area contributed by atoms with Gasteiger partial charge in [-0.05, 0) is 85.9 Å². The molecule has 0 nitrogen and oxygen atoms in total. The van der Waals surface area contributed by atoms with E-state index in [1.807, 2.05) is 0 Å². The van der Waals surface area contributed by atoms with Crippen molar-refractivity contribution in [3.63, 3.8) is 0 Å². The fourth-order valence-electron chi connectivity index (χ4n) is 7.43. The first-order valence-electron chi connectivity index (χ1n) is 9.67. The summed E-state index contributed by atoms with van der Waals surface area (Å²) in [4.78, 5) is 0. The maximum atomic E-state index is 2.65. The van der Waals surface area contributed by atoms with Gasteiger partial charge in [0, 0.05) is 0 Å². The SMILES string of the molecule is CC1CC2C3CC[C@@H]4CCCCCC4C3CCC2(C)C1. The quantitative estimate of drug-likeness (QED) is 0.504. The highest BCUT2D eigenvalue weighted by molar-refractivity contribution is 5.03. The molecular weight excluding hydrogens is 240 g/mol. The van der Waals surface area contributed by atoms with Crippen LogP contribution in [0.2, 0.25) is 0 Å². The smallest absolute Gasteiger partial charge is 0.0292 e. The van der Waals surface area contributed by atoms with E-state index < -0.39 is 0 Å². The molecular formula is C20H34. The van der Waals surface area contributed by atoms with Crippen LogP contribution in [0.1, 0.15) is 84.5 Å². The second-order valence-corrected chi connectivity index (χ2v) is 9.31. The Labute approximate surface area is 126 Å². The third kappa shape index (κ3) is 2.08. The van der Waals surface area contributed by atoms with Gasteiger partial charge in [-0.25, -0.2) is 0 Å². The van der Waals surface area contributed by atoms with Gasteiger partial charge in [-0.2, -0.15) is 0 Å². The largest absolute Gasteiger partial charge is 0.0625 e. The van der Waals surface area contributed by atoms with Gasteiger partial charge in [-0.1, -0.05) is 39.5 Å². The minimum atomic E-state index is 0.734. The number of rotatable bonds is 0. The van der Waals surface area contributed by atoms with Crippen LogP contribution in [0.25, 0.3) is 0 Å². The van der Waals surface area contributed by atoms with Crippen LogP contribution in [0.15, 0.2) is 0 Å². The van der Waals surface area contributed by atoms with Crippen molar-refractivity contribution >= 4 is 0 Å². The molecule has 4 aliphatic rings. The summed E-state index contributed by atoms with van der Waals surface area (Å²) in [5.74, 6) is 6.63. The summed E-state index contributed by atoms with van der Waals surface area (Å²) in [5.41, 5.74) is 0.734. The average Bonchev–Trinajstić information content (AvgIpc) is 2.61. The zero-order valence-electron chi connectivity index (χ0n) is 13.7. The van der Waals surface area contributed by atoms with Crippen molar-refractivity contribution in [3.05, 3.63) is 0 Å². The lowest BCUT2D eigenvalue weighted by Gasteiger charge is -2.53. The highest BCUT2D eigenvalue weighted by atomic mass is 14.6. The number of hydrogen-bond donors (Lipinski definition) is 0. The van der Waals surface area contributed by atoms with Crippen molar-refractivity contribution in [2.24, 2.45) is 40.9 Å². The summed E-state index contributed by atoms with van der Waals surface area (Å²) in [5, 5.41) is 0. The molecule has 0 amide bonds.